The molecule has 4 rings (SSSR count). The van der Waals surface area contributed by atoms with E-state index in [-0.39, 0.29) is 29.7 Å². The van der Waals surface area contributed by atoms with E-state index in [0.29, 0.717) is 6.42 Å². The molecule has 2 fully saturated rings. The molecule has 5 nitrogen and oxygen atoms in total. The second kappa shape index (κ2) is 6.39. The maximum absolute atomic E-state index is 12.5. The van der Waals surface area contributed by atoms with Crippen LogP contribution in [0, 0.1) is 5.92 Å². The zero-order valence-electron chi connectivity index (χ0n) is 14.3. The molecular formula is C20H22N2O3. The van der Waals surface area contributed by atoms with Crippen LogP contribution in [0.2, 0.25) is 0 Å². The first-order chi connectivity index (χ1) is 12.1. The van der Waals surface area contributed by atoms with Crippen LogP contribution in [0.3, 0.4) is 0 Å². The molecule has 5 heteroatoms. The minimum absolute atomic E-state index is 0.00283. The molecule has 2 heterocycles. The topological polar surface area (TPSA) is 62.6 Å². The standard InChI is InChI=1S/C20H22N2O3/c1-13(21-20(24)17-12-16(17)18-7-4-10-25-18)14-5-2-6-15(11-14)22-9-3-8-19(22)23/h2,4-7,10-11,13,16-17H,3,8-9,12H2,1H3,(H,21,24)/t13-,16-,17-/m0/s1. The quantitative estimate of drug-likeness (QED) is 0.909. The third-order valence-corrected chi connectivity index (χ3v) is 5.15. The van der Waals surface area contributed by atoms with Gasteiger partial charge in [0.15, 0.2) is 0 Å². The molecule has 0 spiro atoms. The molecule has 25 heavy (non-hydrogen) atoms. The fourth-order valence-corrected chi connectivity index (χ4v) is 3.59. The van der Waals surface area contributed by atoms with Gasteiger partial charge in [-0.1, -0.05) is 12.1 Å². The number of nitrogens with one attached hydrogen (secondary N) is 1. The van der Waals surface area contributed by atoms with Crippen molar-refractivity contribution in [3.63, 3.8) is 0 Å². The number of nitrogens with zero attached hydrogens (tertiary/aromatic N) is 1. The Morgan fingerprint density at radius 3 is 2.92 bits per heavy atom. The van der Waals surface area contributed by atoms with Crippen LogP contribution in [0.25, 0.3) is 0 Å². The Morgan fingerprint density at radius 2 is 2.20 bits per heavy atom. The molecule has 1 N–H and O–H groups in total. The van der Waals surface area contributed by atoms with Crippen molar-refractivity contribution in [3.8, 4) is 0 Å². The number of amides is 2. The van der Waals surface area contributed by atoms with Gasteiger partial charge in [0.2, 0.25) is 11.8 Å². The largest absolute Gasteiger partial charge is 0.469 e. The van der Waals surface area contributed by atoms with E-state index in [1.807, 2.05) is 48.2 Å². The van der Waals surface area contributed by atoms with E-state index in [0.717, 1.165) is 36.4 Å². The predicted molar refractivity (Wildman–Crippen MR) is 94.1 cm³/mol. The highest BCUT2D eigenvalue weighted by Crippen LogP contribution is 2.47. The number of carbonyl (C=O) groups excluding carboxylic acids is 2. The van der Waals surface area contributed by atoms with Gasteiger partial charge in [0.05, 0.1) is 12.3 Å². The van der Waals surface area contributed by atoms with Gasteiger partial charge in [0, 0.05) is 30.5 Å². The van der Waals surface area contributed by atoms with Gasteiger partial charge in [-0.25, -0.2) is 0 Å². The van der Waals surface area contributed by atoms with Crippen molar-refractivity contribution in [2.75, 3.05) is 11.4 Å². The summed E-state index contributed by atoms with van der Waals surface area (Å²) in [6, 6.07) is 11.6. The van der Waals surface area contributed by atoms with Crippen LogP contribution in [0.4, 0.5) is 5.69 Å². The number of hydrogen-bond acceptors (Lipinski definition) is 3. The summed E-state index contributed by atoms with van der Waals surface area (Å²) in [5.41, 5.74) is 1.93. The van der Waals surface area contributed by atoms with E-state index in [9.17, 15) is 9.59 Å². The smallest absolute Gasteiger partial charge is 0.227 e. The second-order valence-corrected chi connectivity index (χ2v) is 6.94. The maximum Gasteiger partial charge on any atom is 0.227 e. The third kappa shape index (κ3) is 3.18. The molecule has 1 aromatic heterocycles. The van der Waals surface area contributed by atoms with Crippen molar-refractivity contribution in [2.24, 2.45) is 5.92 Å². The molecule has 0 unspecified atom stereocenters. The highest BCUT2D eigenvalue weighted by atomic mass is 16.3. The normalized spacial score (nSPS) is 23.6. The van der Waals surface area contributed by atoms with E-state index in [1.54, 1.807) is 6.26 Å². The summed E-state index contributed by atoms with van der Waals surface area (Å²) in [4.78, 5) is 26.2. The molecule has 130 valence electrons. The molecule has 0 bridgehead atoms. The number of anilines is 1. The highest BCUT2D eigenvalue weighted by Gasteiger charge is 2.46. The molecule has 1 aliphatic carbocycles. The van der Waals surface area contributed by atoms with E-state index in [1.165, 1.54) is 0 Å². The molecule has 1 saturated heterocycles. The highest BCUT2D eigenvalue weighted by molar-refractivity contribution is 5.95. The molecular weight excluding hydrogens is 316 g/mol. The van der Waals surface area contributed by atoms with Crippen molar-refractivity contribution < 1.29 is 14.0 Å². The maximum atomic E-state index is 12.5. The van der Waals surface area contributed by atoms with Crippen molar-refractivity contribution >= 4 is 17.5 Å². The van der Waals surface area contributed by atoms with Gasteiger partial charge in [-0.15, -0.1) is 0 Å². The van der Waals surface area contributed by atoms with Gasteiger partial charge < -0.3 is 14.6 Å². The summed E-state index contributed by atoms with van der Waals surface area (Å²) in [5.74, 6) is 1.33. The van der Waals surface area contributed by atoms with Crippen LogP contribution in [-0.4, -0.2) is 18.4 Å². The average molecular weight is 338 g/mol. The van der Waals surface area contributed by atoms with Crippen molar-refractivity contribution in [3.05, 3.63) is 54.0 Å². The van der Waals surface area contributed by atoms with Gasteiger partial charge >= 0.3 is 0 Å². The lowest BCUT2D eigenvalue weighted by Crippen LogP contribution is -2.29. The summed E-state index contributed by atoms with van der Waals surface area (Å²) in [5, 5.41) is 3.10. The lowest BCUT2D eigenvalue weighted by Gasteiger charge is -2.19. The van der Waals surface area contributed by atoms with Gasteiger partial charge in [0.25, 0.3) is 0 Å². The summed E-state index contributed by atoms with van der Waals surface area (Å²) >= 11 is 0. The fourth-order valence-electron chi connectivity index (χ4n) is 3.59. The Labute approximate surface area is 147 Å². The van der Waals surface area contributed by atoms with Gasteiger partial charge in [0.1, 0.15) is 5.76 Å². The van der Waals surface area contributed by atoms with Crippen molar-refractivity contribution in [2.45, 2.75) is 38.1 Å². The van der Waals surface area contributed by atoms with Crippen LogP contribution < -0.4 is 10.2 Å². The Hall–Kier alpha value is -2.56. The molecule has 1 saturated carbocycles. The lowest BCUT2D eigenvalue weighted by molar-refractivity contribution is -0.123. The monoisotopic (exact) mass is 338 g/mol. The van der Waals surface area contributed by atoms with Crippen LogP contribution in [-0.2, 0) is 9.59 Å². The minimum Gasteiger partial charge on any atom is -0.469 e. The van der Waals surface area contributed by atoms with E-state index in [2.05, 4.69) is 5.32 Å². The summed E-state index contributed by atoms with van der Waals surface area (Å²) in [7, 11) is 0. The summed E-state index contributed by atoms with van der Waals surface area (Å²) < 4.78 is 5.39. The molecule has 0 radical (unpaired) electrons. The summed E-state index contributed by atoms with van der Waals surface area (Å²) in [6.45, 7) is 2.75. The fraction of sp³-hybridized carbons (Fsp3) is 0.400. The number of hydrogen-bond donors (Lipinski definition) is 1. The molecule has 1 aromatic carbocycles. The Bertz CT molecular complexity index is 784. The van der Waals surface area contributed by atoms with Crippen LogP contribution in [0.15, 0.2) is 47.1 Å². The molecule has 2 aliphatic rings. The summed E-state index contributed by atoms with van der Waals surface area (Å²) in [6.07, 6.45) is 4.02. The molecule has 2 amide bonds. The average Bonchev–Trinajstić information content (AvgIpc) is 3.02. The zero-order valence-corrected chi connectivity index (χ0v) is 14.3. The zero-order chi connectivity index (χ0) is 17.4. The molecule has 3 atom stereocenters. The lowest BCUT2D eigenvalue weighted by atomic mass is 10.1. The van der Waals surface area contributed by atoms with Crippen molar-refractivity contribution in [1.82, 2.24) is 5.32 Å². The van der Waals surface area contributed by atoms with E-state index in [4.69, 9.17) is 4.42 Å². The van der Waals surface area contributed by atoms with Gasteiger partial charge in [-0.3, -0.25) is 9.59 Å². The van der Waals surface area contributed by atoms with Crippen LogP contribution in [0.1, 0.15) is 49.5 Å². The third-order valence-electron chi connectivity index (χ3n) is 5.15. The van der Waals surface area contributed by atoms with E-state index < -0.39 is 0 Å². The predicted octanol–water partition coefficient (Wildman–Crippen LogP) is 3.39. The minimum atomic E-state index is -0.0944. The van der Waals surface area contributed by atoms with Gasteiger partial charge in [-0.2, -0.15) is 0 Å². The molecule has 1 aliphatic heterocycles. The van der Waals surface area contributed by atoms with Crippen LogP contribution in [0.5, 0.6) is 0 Å². The first kappa shape index (κ1) is 15.9. The Kier molecular flexibility index (Phi) is 4.07. The number of benzene rings is 1. The second-order valence-electron chi connectivity index (χ2n) is 6.94. The first-order valence-corrected chi connectivity index (χ1v) is 8.87. The van der Waals surface area contributed by atoms with Gasteiger partial charge in [-0.05, 0) is 49.6 Å². The SMILES string of the molecule is C[C@H](NC(=O)[C@H]1C[C@@H]1c1ccco1)c1cccc(N2CCCC2=O)c1. The Balaban J connectivity index is 1.40. The molecule has 2 aromatic rings. The number of rotatable bonds is 5. The number of carbonyl (C=O) groups is 2. The Morgan fingerprint density at radius 1 is 1.32 bits per heavy atom. The van der Waals surface area contributed by atoms with E-state index >= 15 is 0 Å². The first-order valence-electron chi connectivity index (χ1n) is 8.87. The van der Waals surface area contributed by atoms with Crippen LogP contribution >= 0.6 is 0 Å². The number of furan rings is 1. The van der Waals surface area contributed by atoms with Crippen molar-refractivity contribution in [1.29, 1.82) is 0 Å².